The van der Waals surface area contributed by atoms with Gasteiger partial charge in [0, 0.05) is 30.6 Å². The fourth-order valence-corrected chi connectivity index (χ4v) is 2.85. The van der Waals surface area contributed by atoms with Gasteiger partial charge in [-0.2, -0.15) is 0 Å². The highest BCUT2D eigenvalue weighted by molar-refractivity contribution is 5.79. The molecule has 2 aliphatic rings. The topological polar surface area (TPSA) is 20.3 Å². The van der Waals surface area contributed by atoms with Crippen molar-refractivity contribution in [2.24, 2.45) is 11.8 Å². The van der Waals surface area contributed by atoms with E-state index < -0.39 is 0 Å². The largest absolute Gasteiger partial charge is 0.375 e. The van der Waals surface area contributed by atoms with Gasteiger partial charge in [-0.15, -0.1) is 0 Å². The molecular formula is C11H17NO. The van der Waals surface area contributed by atoms with E-state index in [2.05, 4.69) is 18.5 Å². The molecule has 2 nitrogen and oxygen atoms in total. The summed E-state index contributed by atoms with van der Waals surface area (Å²) in [6.07, 6.45) is 3.38. The van der Waals surface area contributed by atoms with Crippen molar-refractivity contribution in [3.63, 3.8) is 0 Å². The summed E-state index contributed by atoms with van der Waals surface area (Å²) >= 11 is 0. The first kappa shape index (κ1) is 8.79. The number of likely N-dealkylation sites (tertiary alicyclic amines) is 1. The van der Waals surface area contributed by atoms with Crippen LogP contribution in [0, 0.1) is 11.8 Å². The van der Waals surface area contributed by atoms with Crippen LogP contribution >= 0.6 is 0 Å². The molecule has 2 rings (SSSR count). The number of ketones is 1. The van der Waals surface area contributed by atoms with Gasteiger partial charge < -0.3 is 4.90 Å². The Morgan fingerprint density at radius 2 is 2.23 bits per heavy atom. The molecule has 1 saturated heterocycles. The number of hydrogen-bond donors (Lipinski definition) is 0. The molecule has 1 unspecified atom stereocenters. The summed E-state index contributed by atoms with van der Waals surface area (Å²) in [6, 6.07) is 0.660. The van der Waals surface area contributed by atoms with Gasteiger partial charge in [-0.3, -0.25) is 4.79 Å². The van der Waals surface area contributed by atoms with E-state index in [1.54, 1.807) is 6.92 Å². The van der Waals surface area contributed by atoms with Gasteiger partial charge in [0.05, 0.1) is 0 Å². The Kier molecular flexibility index (Phi) is 1.94. The highest BCUT2D eigenvalue weighted by Gasteiger charge is 2.42. The van der Waals surface area contributed by atoms with E-state index in [0.717, 1.165) is 19.3 Å². The van der Waals surface area contributed by atoms with Crippen LogP contribution in [-0.2, 0) is 4.79 Å². The minimum Gasteiger partial charge on any atom is -0.375 e. The average Bonchev–Trinajstić information content (AvgIpc) is 2.32. The lowest BCUT2D eigenvalue weighted by atomic mass is 9.77. The van der Waals surface area contributed by atoms with E-state index in [0.29, 0.717) is 17.7 Å². The van der Waals surface area contributed by atoms with Gasteiger partial charge in [0.15, 0.2) is 0 Å². The third kappa shape index (κ3) is 1.19. The molecule has 72 valence electrons. The Hall–Kier alpha value is -0.790. The molecular weight excluding hydrogens is 162 g/mol. The number of fused-ring (bicyclic) bond motifs is 2. The summed E-state index contributed by atoms with van der Waals surface area (Å²) < 4.78 is 0. The van der Waals surface area contributed by atoms with E-state index in [-0.39, 0.29) is 5.92 Å². The van der Waals surface area contributed by atoms with Crippen LogP contribution in [0.3, 0.4) is 0 Å². The van der Waals surface area contributed by atoms with Crippen LogP contribution in [0.15, 0.2) is 12.3 Å². The summed E-state index contributed by atoms with van der Waals surface area (Å²) in [5.41, 5.74) is 1.18. The molecule has 13 heavy (non-hydrogen) atoms. The highest BCUT2D eigenvalue weighted by Crippen LogP contribution is 2.44. The average molecular weight is 179 g/mol. The molecule has 1 saturated carbocycles. The maximum atomic E-state index is 11.4. The van der Waals surface area contributed by atoms with E-state index in [9.17, 15) is 4.79 Å². The van der Waals surface area contributed by atoms with Crippen LogP contribution in [-0.4, -0.2) is 23.8 Å². The monoisotopic (exact) mass is 179 g/mol. The maximum absolute atomic E-state index is 11.4. The Balaban J connectivity index is 2.22. The Bertz CT molecular complexity index is 259. The number of carbonyl (C=O) groups excluding carboxylic acids is 1. The summed E-state index contributed by atoms with van der Waals surface area (Å²) in [7, 11) is 2.11. The van der Waals surface area contributed by atoms with Crippen LogP contribution in [0.1, 0.15) is 26.2 Å². The molecule has 2 fully saturated rings. The molecule has 0 aromatic carbocycles. The van der Waals surface area contributed by atoms with Gasteiger partial charge in [-0.1, -0.05) is 6.58 Å². The second-order valence-electron chi connectivity index (χ2n) is 4.39. The number of allylic oxidation sites excluding steroid dienone is 1. The molecule has 3 atom stereocenters. The fourth-order valence-electron chi connectivity index (χ4n) is 2.85. The smallest absolute Gasteiger partial charge is 0.133 e. The van der Waals surface area contributed by atoms with Gasteiger partial charge in [-0.05, 0) is 26.2 Å². The molecule has 0 radical (unpaired) electrons. The molecule has 1 aliphatic carbocycles. The third-order valence-corrected chi connectivity index (χ3v) is 3.77. The van der Waals surface area contributed by atoms with Gasteiger partial charge in [0.25, 0.3) is 0 Å². The Morgan fingerprint density at radius 1 is 1.54 bits per heavy atom. The predicted octanol–water partition coefficient (Wildman–Crippen LogP) is 1.82. The van der Waals surface area contributed by atoms with Gasteiger partial charge in [0.1, 0.15) is 5.78 Å². The van der Waals surface area contributed by atoms with Crippen molar-refractivity contribution < 1.29 is 4.79 Å². The van der Waals surface area contributed by atoms with Gasteiger partial charge >= 0.3 is 0 Å². The molecule has 0 aromatic rings. The van der Waals surface area contributed by atoms with Crippen LogP contribution in [0.4, 0.5) is 0 Å². The van der Waals surface area contributed by atoms with Gasteiger partial charge in [0.2, 0.25) is 0 Å². The standard InChI is InChI=1S/C11H17NO/c1-7-11-6-9(12(7)3)4-5-10(11)8(2)13/h9-11H,1,4-6H2,2-3H3/t9-,10+,11?/m1/s1. The molecule has 0 amide bonds. The number of hydrogen-bond acceptors (Lipinski definition) is 2. The quantitative estimate of drug-likeness (QED) is 0.612. The van der Waals surface area contributed by atoms with E-state index in [1.807, 2.05) is 0 Å². The highest BCUT2D eigenvalue weighted by atomic mass is 16.1. The molecule has 2 bridgehead atoms. The van der Waals surface area contributed by atoms with Crippen LogP contribution in [0.25, 0.3) is 0 Å². The first-order chi connectivity index (χ1) is 6.11. The molecule has 0 N–H and O–H groups in total. The number of rotatable bonds is 1. The van der Waals surface area contributed by atoms with Crippen molar-refractivity contribution in [2.45, 2.75) is 32.2 Å². The van der Waals surface area contributed by atoms with Crippen molar-refractivity contribution in [3.05, 3.63) is 12.3 Å². The van der Waals surface area contributed by atoms with E-state index in [1.165, 1.54) is 5.70 Å². The zero-order valence-corrected chi connectivity index (χ0v) is 8.42. The normalized spacial score (nSPS) is 38.2. The minimum absolute atomic E-state index is 0.258. The van der Waals surface area contributed by atoms with Gasteiger partial charge in [-0.25, -0.2) is 0 Å². The Morgan fingerprint density at radius 3 is 2.85 bits per heavy atom. The second kappa shape index (κ2) is 2.86. The molecule has 2 heteroatoms. The molecule has 0 aromatic heterocycles. The number of nitrogens with zero attached hydrogens (tertiary/aromatic N) is 1. The first-order valence-corrected chi connectivity index (χ1v) is 5.03. The van der Waals surface area contributed by atoms with Crippen LogP contribution in [0.2, 0.25) is 0 Å². The zero-order valence-electron chi connectivity index (χ0n) is 8.42. The fraction of sp³-hybridized carbons (Fsp3) is 0.727. The molecule has 1 aliphatic heterocycles. The summed E-state index contributed by atoms with van der Waals surface area (Å²) in [5, 5.41) is 0. The summed E-state index contributed by atoms with van der Waals surface area (Å²) in [6.45, 7) is 5.80. The lowest BCUT2D eigenvalue weighted by molar-refractivity contribution is -0.122. The lowest BCUT2D eigenvalue weighted by Gasteiger charge is -2.25. The first-order valence-electron chi connectivity index (χ1n) is 5.03. The molecule has 1 heterocycles. The second-order valence-corrected chi connectivity index (χ2v) is 4.39. The van der Waals surface area contributed by atoms with Crippen molar-refractivity contribution in [2.75, 3.05) is 7.05 Å². The SMILES string of the molecule is C=C1C2C[C@@H](CC[C@H]2C(C)=O)N1C. The predicted molar refractivity (Wildman–Crippen MR) is 52.2 cm³/mol. The minimum atomic E-state index is 0.258. The van der Waals surface area contributed by atoms with E-state index in [4.69, 9.17) is 0 Å². The Labute approximate surface area is 79.6 Å². The zero-order chi connectivity index (χ0) is 9.59. The van der Waals surface area contributed by atoms with E-state index >= 15 is 0 Å². The summed E-state index contributed by atoms with van der Waals surface area (Å²) in [4.78, 5) is 13.7. The van der Waals surface area contributed by atoms with Crippen molar-refractivity contribution >= 4 is 5.78 Å². The van der Waals surface area contributed by atoms with Crippen molar-refractivity contribution in [1.29, 1.82) is 0 Å². The van der Waals surface area contributed by atoms with Crippen LogP contribution < -0.4 is 0 Å². The van der Waals surface area contributed by atoms with Crippen molar-refractivity contribution in [3.8, 4) is 0 Å². The lowest BCUT2D eigenvalue weighted by Crippen LogP contribution is -2.27. The van der Waals surface area contributed by atoms with Crippen LogP contribution in [0.5, 0.6) is 0 Å². The number of carbonyl (C=O) groups is 1. The number of Topliss-reactive ketones (excluding diaryl/α,β-unsaturated/α-hetero) is 1. The van der Waals surface area contributed by atoms with Crippen molar-refractivity contribution in [1.82, 2.24) is 4.90 Å². The maximum Gasteiger partial charge on any atom is 0.133 e. The molecule has 0 spiro atoms. The third-order valence-electron chi connectivity index (χ3n) is 3.77. The summed E-state index contributed by atoms with van der Waals surface area (Å²) in [5.74, 6) is 1.05.